The van der Waals surface area contributed by atoms with Crippen molar-refractivity contribution in [3.05, 3.63) is 59.3 Å². The molecule has 3 heterocycles. The summed E-state index contributed by atoms with van der Waals surface area (Å²) >= 11 is 1.67. The Labute approximate surface area is 215 Å². The molecule has 8 nitrogen and oxygen atoms in total. The summed E-state index contributed by atoms with van der Waals surface area (Å²) in [6.45, 7) is 9.03. The molecule has 2 aromatic heterocycles. The van der Waals surface area contributed by atoms with Gasteiger partial charge in [0, 0.05) is 43.4 Å². The van der Waals surface area contributed by atoms with Crippen LogP contribution in [-0.4, -0.2) is 70.2 Å². The highest BCUT2D eigenvalue weighted by Gasteiger charge is 2.32. The Balaban J connectivity index is 1.21. The number of benzene rings is 2. The van der Waals surface area contributed by atoms with Crippen molar-refractivity contribution in [2.75, 3.05) is 26.7 Å². The smallest absolute Gasteiger partial charge is 0.178 e. The maximum atomic E-state index is 10.5. The van der Waals surface area contributed by atoms with Gasteiger partial charge in [-0.3, -0.25) is 9.80 Å². The molecule has 1 saturated heterocycles. The fourth-order valence-electron chi connectivity index (χ4n) is 4.69. The monoisotopic (exact) mass is 508 g/mol. The Kier molecular flexibility index (Phi) is 7.25. The van der Waals surface area contributed by atoms with Crippen LogP contribution < -0.4 is 9.47 Å². The fraction of sp³-hybridized carbons (Fsp3) is 0.407. The first-order valence-electron chi connectivity index (χ1n) is 12.2. The average molecular weight is 509 g/mol. The van der Waals surface area contributed by atoms with Gasteiger partial charge in [-0.15, -0.1) is 11.3 Å². The molecular formula is C27H32N4O4S. The molecule has 9 heteroatoms. The molecule has 0 spiro atoms. The van der Waals surface area contributed by atoms with Gasteiger partial charge < -0.3 is 19.1 Å². The van der Waals surface area contributed by atoms with Crippen molar-refractivity contribution in [1.29, 1.82) is 0 Å². The first kappa shape index (κ1) is 24.7. The molecule has 5 rings (SSSR count). The summed E-state index contributed by atoms with van der Waals surface area (Å²) in [5.74, 6) is 2.37. The Morgan fingerprint density at radius 3 is 2.64 bits per heavy atom. The Morgan fingerprint density at radius 2 is 1.92 bits per heavy atom. The highest BCUT2D eigenvalue weighted by Crippen LogP contribution is 2.28. The van der Waals surface area contributed by atoms with Gasteiger partial charge in [0.1, 0.15) is 23.3 Å². The van der Waals surface area contributed by atoms with Crippen LogP contribution in [0.5, 0.6) is 11.5 Å². The molecule has 36 heavy (non-hydrogen) atoms. The summed E-state index contributed by atoms with van der Waals surface area (Å²) in [5, 5.41) is 15.8. The number of methoxy groups -OCH3 is 1. The second-order valence-corrected chi connectivity index (χ2v) is 10.6. The summed E-state index contributed by atoms with van der Waals surface area (Å²) in [4.78, 5) is 9.15. The number of hydrogen-bond acceptors (Lipinski definition) is 9. The number of aromatic nitrogens is 2. The lowest BCUT2D eigenvalue weighted by molar-refractivity contribution is -0.0861. The number of ether oxygens (including phenoxy) is 2. The van der Waals surface area contributed by atoms with Crippen molar-refractivity contribution in [3.63, 3.8) is 0 Å². The molecule has 1 N–H and O–H groups in total. The zero-order chi connectivity index (χ0) is 25.2. The van der Waals surface area contributed by atoms with E-state index in [1.165, 1.54) is 0 Å². The van der Waals surface area contributed by atoms with Crippen molar-refractivity contribution < 1.29 is 19.1 Å². The van der Waals surface area contributed by atoms with Crippen LogP contribution in [0.2, 0.25) is 0 Å². The van der Waals surface area contributed by atoms with Crippen LogP contribution in [0.25, 0.3) is 21.5 Å². The first-order valence-corrected chi connectivity index (χ1v) is 13.0. The molecule has 0 amide bonds. The maximum absolute atomic E-state index is 10.5. The van der Waals surface area contributed by atoms with E-state index in [-0.39, 0.29) is 6.04 Å². The van der Waals surface area contributed by atoms with Crippen LogP contribution >= 0.6 is 11.3 Å². The third-order valence-electron chi connectivity index (χ3n) is 6.60. The summed E-state index contributed by atoms with van der Waals surface area (Å²) in [6.07, 6.45) is -1.07. The van der Waals surface area contributed by atoms with Crippen molar-refractivity contribution in [2.45, 2.75) is 45.7 Å². The fourth-order valence-corrected chi connectivity index (χ4v) is 5.50. The molecule has 4 aromatic rings. The lowest BCUT2D eigenvalue weighted by atomic mass is 10.1. The largest absolute Gasteiger partial charge is 0.497 e. The van der Waals surface area contributed by atoms with E-state index in [0.29, 0.717) is 6.54 Å². The van der Waals surface area contributed by atoms with Crippen LogP contribution in [0.4, 0.5) is 0 Å². The Morgan fingerprint density at radius 1 is 1.14 bits per heavy atom. The lowest BCUT2D eigenvalue weighted by Crippen LogP contribution is -2.58. The predicted octanol–water partition coefficient (Wildman–Crippen LogP) is 4.56. The van der Waals surface area contributed by atoms with Crippen LogP contribution in [-0.2, 0) is 6.54 Å². The number of fused-ring (bicyclic) bond motifs is 1. The van der Waals surface area contributed by atoms with Gasteiger partial charge in [0.25, 0.3) is 0 Å². The molecule has 0 bridgehead atoms. The number of piperazine rings is 1. The van der Waals surface area contributed by atoms with Gasteiger partial charge in [-0.25, -0.2) is 4.98 Å². The third kappa shape index (κ3) is 5.39. The molecule has 1 aliphatic heterocycles. The van der Waals surface area contributed by atoms with Crippen LogP contribution in [0.15, 0.2) is 53.1 Å². The van der Waals surface area contributed by atoms with Crippen molar-refractivity contribution in [3.8, 4) is 22.8 Å². The Bertz CT molecular complexity index is 1300. The number of rotatable bonds is 8. The van der Waals surface area contributed by atoms with Gasteiger partial charge in [-0.1, -0.05) is 5.16 Å². The van der Waals surface area contributed by atoms with Crippen LogP contribution in [0.3, 0.4) is 0 Å². The van der Waals surface area contributed by atoms with Crippen molar-refractivity contribution in [2.24, 2.45) is 0 Å². The summed E-state index contributed by atoms with van der Waals surface area (Å²) in [6, 6.07) is 16.0. The third-order valence-corrected chi connectivity index (χ3v) is 7.55. The minimum atomic E-state index is -0.641. The standard InChI is InChI=1S/C27H32N4O4S/c1-17-15-31(27(18(2)32)34-22-9-10-26-25(13-22)28-19(3)36-26)12-11-30(17)16-23-14-24(29-35-23)20-5-7-21(33-4)8-6-20/h5-10,13-14,17-18,27,32H,11-12,15-16H2,1-4H3/t17-,18+,27?/m0/s1. The minimum absolute atomic E-state index is 0.252. The summed E-state index contributed by atoms with van der Waals surface area (Å²) in [5.41, 5.74) is 2.74. The molecule has 0 aliphatic carbocycles. The molecular weight excluding hydrogens is 476 g/mol. The minimum Gasteiger partial charge on any atom is -0.497 e. The molecule has 190 valence electrons. The molecule has 2 aromatic carbocycles. The van der Waals surface area contributed by atoms with Crippen LogP contribution in [0.1, 0.15) is 24.6 Å². The van der Waals surface area contributed by atoms with Gasteiger partial charge in [0.05, 0.1) is 28.9 Å². The van der Waals surface area contributed by atoms with E-state index in [1.54, 1.807) is 25.4 Å². The second kappa shape index (κ2) is 10.6. The highest BCUT2D eigenvalue weighted by atomic mass is 32.1. The molecule has 1 fully saturated rings. The van der Waals surface area contributed by atoms with E-state index >= 15 is 0 Å². The van der Waals surface area contributed by atoms with E-state index in [4.69, 9.17) is 14.0 Å². The zero-order valence-electron chi connectivity index (χ0n) is 21.0. The topological polar surface area (TPSA) is 84.1 Å². The SMILES string of the molecule is COc1ccc(-c2cc(CN3CCN(C(Oc4ccc5sc(C)nc5c4)[C@@H](C)O)C[C@@H]3C)on2)cc1. The number of hydrogen-bond donors (Lipinski definition) is 1. The lowest BCUT2D eigenvalue weighted by Gasteiger charge is -2.43. The van der Waals surface area contributed by atoms with Crippen molar-refractivity contribution >= 4 is 21.6 Å². The van der Waals surface area contributed by atoms with Crippen molar-refractivity contribution in [1.82, 2.24) is 19.9 Å². The van der Waals surface area contributed by atoms with Gasteiger partial charge in [0.15, 0.2) is 12.0 Å². The number of thiazole rings is 1. The van der Waals surface area contributed by atoms with E-state index in [1.807, 2.05) is 55.5 Å². The van der Waals surface area contributed by atoms with Gasteiger partial charge in [-0.2, -0.15) is 0 Å². The van der Waals surface area contributed by atoms with Gasteiger partial charge >= 0.3 is 0 Å². The summed E-state index contributed by atoms with van der Waals surface area (Å²) < 4.78 is 18.3. The van der Waals surface area contributed by atoms with E-state index < -0.39 is 12.3 Å². The predicted molar refractivity (Wildman–Crippen MR) is 140 cm³/mol. The second-order valence-electron chi connectivity index (χ2n) is 9.33. The zero-order valence-corrected chi connectivity index (χ0v) is 21.9. The van der Waals surface area contributed by atoms with E-state index in [9.17, 15) is 5.11 Å². The number of nitrogens with zero attached hydrogens (tertiary/aromatic N) is 4. The highest BCUT2D eigenvalue weighted by molar-refractivity contribution is 7.18. The normalized spacial score (nSPS) is 18.9. The maximum Gasteiger partial charge on any atom is 0.178 e. The molecule has 0 radical (unpaired) electrons. The molecule has 1 unspecified atom stereocenters. The molecule has 3 atom stereocenters. The average Bonchev–Trinajstić information content (AvgIpc) is 3.49. The molecule has 0 saturated carbocycles. The van der Waals surface area contributed by atoms with Gasteiger partial charge in [-0.05, 0) is 57.2 Å². The first-order chi connectivity index (χ1) is 17.4. The molecule has 1 aliphatic rings. The quantitative estimate of drug-likeness (QED) is 0.371. The summed E-state index contributed by atoms with van der Waals surface area (Å²) in [7, 11) is 1.65. The Hall–Kier alpha value is -2.98. The number of aliphatic hydroxyl groups excluding tert-OH is 1. The number of aliphatic hydroxyl groups is 1. The van der Waals surface area contributed by atoms with E-state index in [0.717, 1.165) is 63.4 Å². The van der Waals surface area contributed by atoms with E-state index in [2.05, 4.69) is 26.9 Å². The number of aryl methyl sites for hydroxylation is 1. The van der Waals surface area contributed by atoms with Gasteiger partial charge in [0.2, 0.25) is 0 Å². The van der Waals surface area contributed by atoms with Crippen LogP contribution in [0, 0.1) is 6.92 Å².